The van der Waals surface area contributed by atoms with Crippen LogP contribution >= 0.6 is 0 Å². The van der Waals surface area contributed by atoms with Crippen molar-refractivity contribution >= 4 is 5.78 Å². The maximum atomic E-state index is 11.0. The lowest BCUT2D eigenvalue weighted by Crippen LogP contribution is -2.53. The minimum Gasteiger partial charge on any atom is -0.299 e. The summed E-state index contributed by atoms with van der Waals surface area (Å²) in [5.41, 5.74) is 0. The van der Waals surface area contributed by atoms with Gasteiger partial charge in [0.25, 0.3) is 0 Å². The highest BCUT2D eigenvalue weighted by atomic mass is 16.1. The lowest BCUT2D eigenvalue weighted by atomic mass is 10.2. The minimum absolute atomic E-state index is 0.289. The van der Waals surface area contributed by atoms with Crippen molar-refractivity contribution in [3.8, 4) is 0 Å². The van der Waals surface area contributed by atoms with Crippen molar-refractivity contribution in [2.75, 3.05) is 26.2 Å². The van der Waals surface area contributed by atoms with Crippen LogP contribution in [0.15, 0.2) is 0 Å². The molecule has 0 aromatic carbocycles. The van der Waals surface area contributed by atoms with Gasteiger partial charge in [0.2, 0.25) is 0 Å². The topological polar surface area (TPSA) is 23.6 Å². The molecule has 0 aromatic heterocycles. The quantitative estimate of drug-likeness (QED) is 0.665. The van der Waals surface area contributed by atoms with Crippen molar-refractivity contribution in [1.29, 1.82) is 0 Å². The van der Waals surface area contributed by atoms with Crippen LogP contribution in [0.4, 0.5) is 0 Å². The van der Waals surface area contributed by atoms with E-state index in [1.165, 1.54) is 12.8 Å². The van der Waals surface area contributed by atoms with Gasteiger partial charge in [-0.2, -0.15) is 0 Å². The highest BCUT2D eigenvalue weighted by Crippen LogP contribution is 2.28. The molecular weight excluding hydrogens is 176 g/mol. The van der Waals surface area contributed by atoms with Crippen LogP contribution in [0.25, 0.3) is 0 Å². The Kier molecular flexibility index (Phi) is 2.88. The Balaban J connectivity index is 1.83. The zero-order chi connectivity index (χ0) is 10.1. The van der Waals surface area contributed by atoms with Gasteiger partial charge in [-0.15, -0.1) is 0 Å². The first-order chi connectivity index (χ1) is 6.66. The molecule has 0 aromatic rings. The summed E-state index contributed by atoms with van der Waals surface area (Å²) >= 11 is 0. The smallest absolute Gasteiger partial charge is 0.143 e. The first kappa shape index (κ1) is 10.1. The Bertz CT molecular complexity index is 225. The second kappa shape index (κ2) is 3.99. The number of carbonyl (C=O) groups excluding carboxylic acids is 1. The van der Waals surface area contributed by atoms with Crippen molar-refractivity contribution in [1.82, 2.24) is 9.80 Å². The summed E-state index contributed by atoms with van der Waals surface area (Å²) in [6.07, 6.45) is 2.78. The van der Waals surface area contributed by atoms with Crippen LogP contribution in [0, 0.1) is 0 Å². The van der Waals surface area contributed by atoms with Gasteiger partial charge in [-0.25, -0.2) is 0 Å². The van der Waals surface area contributed by atoms with Crippen molar-refractivity contribution in [2.24, 2.45) is 0 Å². The number of nitrogens with zero attached hydrogens (tertiary/aromatic N) is 2. The third-order valence-electron chi connectivity index (χ3n) is 3.29. The van der Waals surface area contributed by atoms with E-state index in [1.54, 1.807) is 6.92 Å². The third kappa shape index (κ3) is 2.34. The fraction of sp³-hybridized carbons (Fsp3) is 0.909. The zero-order valence-electron chi connectivity index (χ0n) is 9.20. The second-order valence-electron chi connectivity index (χ2n) is 4.75. The van der Waals surface area contributed by atoms with E-state index < -0.39 is 0 Å². The molecule has 3 heteroatoms. The van der Waals surface area contributed by atoms with E-state index in [1.807, 2.05) is 0 Å². The molecule has 1 aliphatic heterocycles. The lowest BCUT2D eigenvalue weighted by molar-refractivity contribution is -0.119. The van der Waals surface area contributed by atoms with Gasteiger partial charge < -0.3 is 0 Å². The largest absolute Gasteiger partial charge is 0.299 e. The van der Waals surface area contributed by atoms with Crippen molar-refractivity contribution in [3.63, 3.8) is 0 Å². The number of carbonyl (C=O) groups is 1. The predicted octanol–water partition coefficient (Wildman–Crippen LogP) is 0.744. The van der Waals surface area contributed by atoms with Crippen LogP contribution in [0.3, 0.4) is 0 Å². The van der Waals surface area contributed by atoms with Gasteiger partial charge in [-0.05, 0) is 26.7 Å². The highest BCUT2D eigenvalue weighted by molar-refractivity contribution is 5.77. The first-order valence-corrected chi connectivity index (χ1v) is 5.64. The molecule has 2 aliphatic rings. The molecule has 1 saturated carbocycles. The monoisotopic (exact) mass is 196 g/mol. The highest BCUT2D eigenvalue weighted by Gasteiger charge is 2.33. The predicted molar refractivity (Wildman–Crippen MR) is 56.3 cm³/mol. The molecule has 1 aliphatic carbocycles. The van der Waals surface area contributed by atoms with Gasteiger partial charge in [-0.3, -0.25) is 14.6 Å². The maximum Gasteiger partial charge on any atom is 0.143 e. The van der Waals surface area contributed by atoms with Crippen LogP contribution < -0.4 is 0 Å². The van der Waals surface area contributed by atoms with Gasteiger partial charge in [0.05, 0.1) is 6.54 Å². The fourth-order valence-corrected chi connectivity index (χ4v) is 2.32. The molecule has 1 heterocycles. The summed E-state index contributed by atoms with van der Waals surface area (Å²) in [5, 5.41) is 0. The molecule has 1 saturated heterocycles. The molecule has 2 rings (SSSR count). The fourth-order valence-electron chi connectivity index (χ4n) is 2.32. The van der Waals surface area contributed by atoms with Crippen LogP contribution in [0.2, 0.25) is 0 Å². The van der Waals surface area contributed by atoms with Crippen LogP contribution in [-0.4, -0.2) is 53.8 Å². The Morgan fingerprint density at radius 2 is 2.07 bits per heavy atom. The molecule has 0 amide bonds. The first-order valence-electron chi connectivity index (χ1n) is 5.64. The van der Waals surface area contributed by atoms with Gasteiger partial charge >= 0.3 is 0 Å². The van der Waals surface area contributed by atoms with Crippen molar-refractivity contribution in [3.05, 3.63) is 0 Å². The number of rotatable bonds is 3. The van der Waals surface area contributed by atoms with E-state index in [0.29, 0.717) is 12.6 Å². The average Bonchev–Trinajstić information content (AvgIpc) is 2.90. The maximum absolute atomic E-state index is 11.0. The van der Waals surface area contributed by atoms with E-state index in [2.05, 4.69) is 16.7 Å². The SMILES string of the molecule is CC(=O)CN1CCN(C2CC2)CC1C. The summed E-state index contributed by atoms with van der Waals surface area (Å²) in [4.78, 5) is 15.9. The Labute approximate surface area is 86.1 Å². The molecule has 1 unspecified atom stereocenters. The zero-order valence-corrected chi connectivity index (χ0v) is 9.20. The van der Waals surface area contributed by atoms with E-state index in [-0.39, 0.29) is 5.78 Å². The van der Waals surface area contributed by atoms with Crippen LogP contribution in [0.5, 0.6) is 0 Å². The van der Waals surface area contributed by atoms with Crippen LogP contribution in [0.1, 0.15) is 26.7 Å². The lowest BCUT2D eigenvalue weighted by Gasteiger charge is -2.39. The summed E-state index contributed by atoms with van der Waals surface area (Å²) in [7, 11) is 0. The molecule has 0 spiro atoms. The molecule has 0 radical (unpaired) electrons. The molecular formula is C11H20N2O. The standard InChI is InChI=1S/C11H20N2O/c1-9-7-13(11-3-4-11)6-5-12(9)8-10(2)14/h9,11H,3-8H2,1-2H3. The van der Waals surface area contributed by atoms with E-state index >= 15 is 0 Å². The second-order valence-corrected chi connectivity index (χ2v) is 4.75. The molecule has 14 heavy (non-hydrogen) atoms. The van der Waals surface area contributed by atoms with E-state index in [4.69, 9.17) is 0 Å². The Hall–Kier alpha value is -0.410. The van der Waals surface area contributed by atoms with Gasteiger partial charge in [0.1, 0.15) is 5.78 Å². The Morgan fingerprint density at radius 3 is 2.57 bits per heavy atom. The third-order valence-corrected chi connectivity index (χ3v) is 3.29. The minimum atomic E-state index is 0.289. The summed E-state index contributed by atoms with van der Waals surface area (Å²) in [6, 6.07) is 1.42. The number of hydrogen-bond acceptors (Lipinski definition) is 3. The molecule has 1 atom stereocenters. The summed E-state index contributed by atoms with van der Waals surface area (Å²) in [6.45, 7) is 7.93. The Morgan fingerprint density at radius 1 is 1.36 bits per heavy atom. The van der Waals surface area contributed by atoms with Crippen LogP contribution in [-0.2, 0) is 4.79 Å². The average molecular weight is 196 g/mol. The molecule has 2 fully saturated rings. The number of piperazine rings is 1. The number of Topliss-reactive ketones (excluding diaryl/α,β-unsaturated/α-hetero) is 1. The molecule has 0 N–H and O–H groups in total. The van der Waals surface area contributed by atoms with Gasteiger partial charge in [0.15, 0.2) is 0 Å². The van der Waals surface area contributed by atoms with E-state index in [9.17, 15) is 4.79 Å². The van der Waals surface area contributed by atoms with E-state index in [0.717, 1.165) is 25.7 Å². The van der Waals surface area contributed by atoms with Crippen molar-refractivity contribution in [2.45, 2.75) is 38.8 Å². The molecule has 0 bridgehead atoms. The summed E-state index contributed by atoms with van der Waals surface area (Å²) in [5.74, 6) is 0.289. The molecule has 3 nitrogen and oxygen atoms in total. The number of hydrogen-bond donors (Lipinski definition) is 0. The normalized spacial score (nSPS) is 30.6. The van der Waals surface area contributed by atoms with Gasteiger partial charge in [-0.1, -0.05) is 0 Å². The van der Waals surface area contributed by atoms with Crippen molar-refractivity contribution < 1.29 is 4.79 Å². The summed E-state index contributed by atoms with van der Waals surface area (Å²) < 4.78 is 0. The number of ketones is 1. The molecule has 80 valence electrons. The van der Waals surface area contributed by atoms with Gasteiger partial charge in [0, 0.05) is 31.7 Å².